The number of hydrogen-bond donors (Lipinski definition) is 1. The van der Waals surface area contributed by atoms with Gasteiger partial charge in [0.05, 0.1) is 10.6 Å². The number of hydrogen-bond acceptors (Lipinski definition) is 1. The van der Waals surface area contributed by atoms with Gasteiger partial charge in [-0.05, 0) is 42.3 Å². The molecule has 1 atom stereocenters. The number of rotatable bonds is 3. The summed E-state index contributed by atoms with van der Waals surface area (Å²) in [6.07, 6.45) is 0.370. The maximum Gasteiger partial charge on any atom is 0.141 e. The van der Waals surface area contributed by atoms with Gasteiger partial charge in [0.25, 0.3) is 0 Å². The average Bonchev–Trinajstić information content (AvgIpc) is 2.34. The van der Waals surface area contributed by atoms with Crippen LogP contribution in [0.5, 0.6) is 0 Å². The van der Waals surface area contributed by atoms with Gasteiger partial charge in [-0.3, -0.25) is 0 Å². The molecule has 2 aromatic carbocycles. The molecule has 0 radical (unpaired) electrons. The normalized spacial score (nSPS) is 14.2. The topological polar surface area (TPSA) is 20.2 Å². The summed E-state index contributed by atoms with van der Waals surface area (Å²) in [5.41, 5.74) is 0.567. The largest absolute Gasteiger partial charge is 0.385 e. The molecule has 0 aromatic heterocycles. The third-order valence-corrected chi connectivity index (χ3v) is 3.82. The third-order valence-electron chi connectivity index (χ3n) is 3.00. The zero-order valence-electron chi connectivity index (χ0n) is 10.3. The second-order valence-corrected chi connectivity index (χ2v) is 6.03. The highest BCUT2D eigenvalue weighted by Gasteiger charge is 2.23. The lowest BCUT2D eigenvalue weighted by molar-refractivity contribution is 0.0576. The number of benzene rings is 2. The van der Waals surface area contributed by atoms with Crippen LogP contribution in [-0.2, 0) is 12.0 Å². The molecule has 0 heterocycles. The second-order valence-electron chi connectivity index (χ2n) is 4.71. The lowest BCUT2D eigenvalue weighted by Gasteiger charge is -2.24. The monoisotopic (exact) mass is 342 g/mol. The van der Waals surface area contributed by atoms with Crippen molar-refractivity contribution in [2.24, 2.45) is 0 Å². The second kappa shape index (κ2) is 5.61. The first-order valence-corrected chi connectivity index (χ1v) is 6.98. The molecule has 100 valence electrons. The van der Waals surface area contributed by atoms with Gasteiger partial charge < -0.3 is 5.11 Å². The van der Waals surface area contributed by atoms with Gasteiger partial charge in [-0.2, -0.15) is 0 Å². The van der Waals surface area contributed by atoms with Crippen LogP contribution in [0.1, 0.15) is 18.1 Å². The predicted molar refractivity (Wildman–Crippen MR) is 78.8 cm³/mol. The summed E-state index contributed by atoms with van der Waals surface area (Å²) in [6, 6.07) is 12.0. The quantitative estimate of drug-likeness (QED) is 0.857. The molecule has 0 saturated carbocycles. The lowest BCUT2D eigenvalue weighted by atomic mass is 9.89. The standard InChI is InChI=1S/C15H13BrClFO/c1-15(19,11-3-5-12(16)6-4-11)9-10-2-7-14(18)13(17)8-10/h2-8,19H,9H2,1H3. The fourth-order valence-electron chi connectivity index (χ4n) is 1.96. The zero-order valence-corrected chi connectivity index (χ0v) is 12.7. The van der Waals surface area contributed by atoms with Gasteiger partial charge in [0.15, 0.2) is 0 Å². The minimum Gasteiger partial charge on any atom is -0.385 e. The molecule has 19 heavy (non-hydrogen) atoms. The SMILES string of the molecule is CC(O)(Cc1ccc(F)c(Cl)c1)c1ccc(Br)cc1. The molecule has 0 bridgehead atoms. The van der Waals surface area contributed by atoms with Crippen molar-refractivity contribution in [2.45, 2.75) is 18.9 Å². The Morgan fingerprint density at radius 2 is 1.84 bits per heavy atom. The maximum absolute atomic E-state index is 13.1. The van der Waals surface area contributed by atoms with Crippen molar-refractivity contribution in [3.8, 4) is 0 Å². The lowest BCUT2D eigenvalue weighted by Crippen LogP contribution is -2.24. The summed E-state index contributed by atoms with van der Waals surface area (Å²) in [6.45, 7) is 1.73. The van der Waals surface area contributed by atoms with E-state index in [1.807, 2.05) is 24.3 Å². The van der Waals surface area contributed by atoms with Crippen molar-refractivity contribution in [1.82, 2.24) is 0 Å². The van der Waals surface area contributed by atoms with E-state index in [0.29, 0.717) is 6.42 Å². The average molecular weight is 344 g/mol. The number of aliphatic hydroxyl groups is 1. The Bertz CT molecular complexity index is 581. The molecular weight excluding hydrogens is 331 g/mol. The molecule has 2 rings (SSSR count). The summed E-state index contributed by atoms with van der Waals surface area (Å²) in [5.74, 6) is -0.450. The van der Waals surface area contributed by atoms with Crippen molar-refractivity contribution >= 4 is 27.5 Å². The highest BCUT2D eigenvalue weighted by Crippen LogP contribution is 2.28. The molecule has 0 fully saturated rings. The fraction of sp³-hybridized carbons (Fsp3) is 0.200. The molecular formula is C15H13BrClFO. The van der Waals surface area contributed by atoms with Crippen LogP contribution in [0.4, 0.5) is 4.39 Å². The third kappa shape index (κ3) is 3.56. The van der Waals surface area contributed by atoms with E-state index in [-0.39, 0.29) is 5.02 Å². The van der Waals surface area contributed by atoms with Crippen LogP contribution in [0.15, 0.2) is 46.9 Å². The van der Waals surface area contributed by atoms with Gasteiger partial charge in [-0.25, -0.2) is 4.39 Å². The Morgan fingerprint density at radius 3 is 2.42 bits per heavy atom. The summed E-state index contributed by atoms with van der Waals surface area (Å²) < 4.78 is 14.1. The van der Waals surface area contributed by atoms with E-state index < -0.39 is 11.4 Å². The number of halogens is 3. The first kappa shape index (κ1) is 14.5. The molecule has 0 aliphatic rings. The van der Waals surface area contributed by atoms with Crippen LogP contribution in [0, 0.1) is 5.82 Å². The van der Waals surface area contributed by atoms with Crippen LogP contribution >= 0.6 is 27.5 Å². The molecule has 4 heteroatoms. The highest BCUT2D eigenvalue weighted by molar-refractivity contribution is 9.10. The first-order valence-electron chi connectivity index (χ1n) is 5.81. The van der Waals surface area contributed by atoms with Crippen molar-refractivity contribution in [2.75, 3.05) is 0 Å². The Morgan fingerprint density at radius 1 is 1.21 bits per heavy atom. The van der Waals surface area contributed by atoms with E-state index in [1.165, 1.54) is 6.07 Å². The van der Waals surface area contributed by atoms with Crippen molar-refractivity contribution < 1.29 is 9.50 Å². The molecule has 0 aliphatic carbocycles. The molecule has 0 amide bonds. The van der Waals surface area contributed by atoms with Gasteiger partial charge >= 0.3 is 0 Å². The smallest absolute Gasteiger partial charge is 0.141 e. The van der Waals surface area contributed by atoms with Gasteiger partial charge in [-0.1, -0.05) is 45.7 Å². The van der Waals surface area contributed by atoms with E-state index in [0.717, 1.165) is 15.6 Å². The van der Waals surface area contributed by atoms with Gasteiger partial charge in [0.1, 0.15) is 5.82 Å². The van der Waals surface area contributed by atoms with Crippen LogP contribution in [0.3, 0.4) is 0 Å². The van der Waals surface area contributed by atoms with Gasteiger partial charge in [0.2, 0.25) is 0 Å². The molecule has 1 nitrogen and oxygen atoms in total. The minimum atomic E-state index is -1.03. The fourth-order valence-corrected chi connectivity index (χ4v) is 2.43. The van der Waals surface area contributed by atoms with Crippen molar-refractivity contribution in [1.29, 1.82) is 0 Å². The van der Waals surface area contributed by atoms with E-state index in [1.54, 1.807) is 19.1 Å². The molecule has 1 N–H and O–H groups in total. The summed E-state index contributed by atoms with van der Waals surface area (Å²) in [5, 5.41) is 10.6. The van der Waals surface area contributed by atoms with E-state index in [9.17, 15) is 9.50 Å². The van der Waals surface area contributed by atoms with Crippen LogP contribution in [-0.4, -0.2) is 5.11 Å². The predicted octanol–water partition coefficient (Wildman–Crippen LogP) is 4.69. The van der Waals surface area contributed by atoms with Crippen LogP contribution < -0.4 is 0 Å². The van der Waals surface area contributed by atoms with Crippen molar-refractivity contribution in [3.05, 3.63) is 68.9 Å². The zero-order chi connectivity index (χ0) is 14.0. The van der Waals surface area contributed by atoms with E-state index in [2.05, 4.69) is 15.9 Å². The Kier molecular flexibility index (Phi) is 4.29. The molecule has 0 spiro atoms. The first-order chi connectivity index (χ1) is 8.88. The van der Waals surface area contributed by atoms with E-state index in [4.69, 9.17) is 11.6 Å². The Hall–Kier alpha value is -0.900. The van der Waals surface area contributed by atoms with E-state index >= 15 is 0 Å². The molecule has 1 unspecified atom stereocenters. The maximum atomic E-state index is 13.1. The molecule has 2 aromatic rings. The molecule has 0 saturated heterocycles. The Labute approximate surface area is 125 Å². The highest BCUT2D eigenvalue weighted by atomic mass is 79.9. The van der Waals surface area contributed by atoms with Crippen molar-refractivity contribution in [3.63, 3.8) is 0 Å². The Balaban J connectivity index is 2.25. The van der Waals surface area contributed by atoms with Crippen LogP contribution in [0.25, 0.3) is 0 Å². The summed E-state index contributed by atoms with van der Waals surface area (Å²) >= 11 is 9.10. The van der Waals surface area contributed by atoms with Gasteiger partial charge in [-0.15, -0.1) is 0 Å². The summed E-state index contributed by atoms with van der Waals surface area (Å²) in [7, 11) is 0. The minimum absolute atomic E-state index is 0.0732. The van der Waals surface area contributed by atoms with Gasteiger partial charge in [0, 0.05) is 10.9 Å². The van der Waals surface area contributed by atoms with Crippen LogP contribution in [0.2, 0.25) is 5.02 Å². The summed E-state index contributed by atoms with van der Waals surface area (Å²) in [4.78, 5) is 0. The molecule has 0 aliphatic heterocycles.